The zero-order valence-electron chi connectivity index (χ0n) is 15.5. The number of benzene rings is 1. The number of ether oxygens (including phenoxy) is 1. The first-order chi connectivity index (χ1) is 12.3. The highest BCUT2D eigenvalue weighted by molar-refractivity contribution is 5.79. The van der Waals surface area contributed by atoms with Crippen LogP contribution < -0.4 is 10.6 Å². The highest BCUT2D eigenvalue weighted by Gasteiger charge is 2.35. The van der Waals surface area contributed by atoms with Crippen LogP contribution in [0.4, 0.5) is 13.2 Å². The van der Waals surface area contributed by atoms with Gasteiger partial charge >= 0.3 is 6.18 Å². The Morgan fingerprint density at radius 1 is 1.23 bits per heavy atom. The molecule has 146 valence electrons. The number of aliphatic imine (C=N–C) groups is 1. The average Bonchev–Trinajstić information content (AvgIpc) is 2.62. The molecule has 0 bridgehead atoms. The number of hydrogen-bond donors (Lipinski definition) is 2. The molecule has 0 amide bonds. The first-order valence-electron chi connectivity index (χ1n) is 8.63. The van der Waals surface area contributed by atoms with Crippen LogP contribution in [0.25, 0.3) is 0 Å². The van der Waals surface area contributed by atoms with E-state index in [2.05, 4.69) is 20.5 Å². The van der Waals surface area contributed by atoms with E-state index in [-0.39, 0.29) is 12.1 Å². The molecular formula is C18H27F3N4O. The van der Waals surface area contributed by atoms with Crippen LogP contribution in [-0.2, 0) is 17.5 Å². The summed E-state index contributed by atoms with van der Waals surface area (Å²) < 4.78 is 43.9. The van der Waals surface area contributed by atoms with E-state index in [1.54, 1.807) is 13.1 Å². The molecule has 0 saturated carbocycles. The Kier molecular flexibility index (Phi) is 6.88. The number of hydrogen-bond acceptors (Lipinski definition) is 3. The first-order valence-corrected chi connectivity index (χ1v) is 8.63. The van der Waals surface area contributed by atoms with E-state index in [1.807, 2.05) is 14.1 Å². The number of nitrogens with zero attached hydrogens (tertiary/aromatic N) is 2. The molecule has 0 aromatic heterocycles. The number of alkyl halides is 3. The van der Waals surface area contributed by atoms with Gasteiger partial charge in [-0.05, 0) is 44.6 Å². The zero-order chi connectivity index (χ0) is 19.2. The number of nitrogens with one attached hydrogen (secondary N) is 2. The largest absolute Gasteiger partial charge is 0.416 e. The van der Waals surface area contributed by atoms with Crippen LogP contribution in [-0.4, -0.2) is 57.3 Å². The summed E-state index contributed by atoms with van der Waals surface area (Å²) in [5, 5.41) is 6.38. The van der Waals surface area contributed by atoms with Gasteiger partial charge in [0, 0.05) is 38.9 Å². The van der Waals surface area contributed by atoms with E-state index in [0.717, 1.165) is 38.2 Å². The second-order valence-electron chi connectivity index (χ2n) is 6.71. The second kappa shape index (κ2) is 8.73. The molecule has 5 nitrogen and oxygen atoms in total. The standard InChI is InChI=1S/C18H27F3N4O/c1-22-16(24-13-17(25(2)3)7-9-26-10-8-17)23-12-14-5-4-6-15(11-14)18(19,20)21/h4-6,11H,7-10,12-13H2,1-3H3,(H2,22,23,24). The van der Waals surface area contributed by atoms with Crippen molar-refractivity contribution in [3.05, 3.63) is 35.4 Å². The van der Waals surface area contributed by atoms with Gasteiger partial charge in [0.1, 0.15) is 0 Å². The van der Waals surface area contributed by atoms with Gasteiger partial charge in [0.2, 0.25) is 0 Å². The van der Waals surface area contributed by atoms with E-state index < -0.39 is 11.7 Å². The highest BCUT2D eigenvalue weighted by Crippen LogP contribution is 2.29. The second-order valence-corrected chi connectivity index (χ2v) is 6.71. The van der Waals surface area contributed by atoms with Crippen molar-refractivity contribution >= 4 is 5.96 Å². The summed E-state index contributed by atoms with van der Waals surface area (Å²) in [5.74, 6) is 0.565. The number of rotatable bonds is 5. The topological polar surface area (TPSA) is 48.9 Å². The molecule has 2 rings (SSSR count). The lowest BCUT2D eigenvalue weighted by molar-refractivity contribution is -0.137. The zero-order valence-corrected chi connectivity index (χ0v) is 15.5. The van der Waals surface area contributed by atoms with Crippen molar-refractivity contribution in [2.24, 2.45) is 4.99 Å². The van der Waals surface area contributed by atoms with Crippen molar-refractivity contribution in [3.8, 4) is 0 Å². The molecule has 0 aliphatic carbocycles. The molecule has 1 aromatic rings. The maximum Gasteiger partial charge on any atom is 0.416 e. The maximum atomic E-state index is 12.8. The molecule has 8 heteroatoms. The predicted molar refractivity (Wildman–Crippen MR) is 96.1 cm³/mol. The molecule has 0 atom stereocenters. The third kappa shape index (κ3) is 5.35. The minimum atomic E-state index is -4.34. The minimum absolute atomic E-state index is 0.0218. The molecule has 2 N–H and O–H groups in total. The lowest BCUT2D eigenvalue weighted by atomic mass is 9.88. The Morgan fingerprint density at radius 3 is 2.50 bits per heavy atom. The first kappa shape index (κ1) is 20.5. The van der Waals surface area contributed by atoms with Gasteiger partial charge in [-0.1, -0.05) is 12.1 Å². The van der Waals surface area contributed by atoms with E-state index >= 15 is 0 Å². The van der Waals surface area contributed by atoms with Crippen LogP contribution in [0, 0.1) is 0 Å². The fourth-order valence-electron chi connectivity index (χ4n) is 3.05. The Labute approximate surface area is 152 Å². The molecule has 0 unspecified atom stereocenters. The molecule has 0 spiro atoms. The Balaban J connectivity index is 1.94. The summed E-state index contributed by atoms with van der Waals surface area (Å²) in [7, 11) is 5.74. The molecule has 1 fully saturated rings. The Morgan fingerprint density at radius 2 is 1.92 bits per heavy atom. The Hall–Kier alpha value is -1.80. The predicted octanol–water partition coefficient (Wildman–Crippen LogP) is 2.48. The maximum absolute atomic E-state index is 12.8. The average molecular weight is 372 g/mol. The van der Waals surface area contributed by atoms with Gasteiger partial charge in [0.15, 0.2) is 5.96 Å². The molecular weight excluding hydrogens is 345 g/mol. The third-order valence-electron chi connectivity index (χ3n) is 4.89. The van der Waals surface area contributed by atoms with Crippen LogP contribution in [0.1, 0.15) is 24.0 Å². The molecule has 1 aromatic carbocycles. The van der Waals surface area contributed by atoms with Gasteiger partial charge in [-0.3, -0.25) is 4.99 Å². The lowest BCUT2D eigenvalue weighted by Gasteiger charge is -2.43. The van der Waals surface area contributed by atoms with Crippen LogP contribution in [0.15, 0.2) is 29.3 Å². The van der Waals surface area contributed by atoms with Crippen LogP contribution in [0.5, 0.6) is 0 Å². The van der Waals surface area contributed by atoms with Crippen LogP contribution in [0.2, 0.25) is 0 Å². The lowest BCUT2D eigenvalue weighted by Crippen LogP contribution is -2.57. The van der Waals surface area contributed by atoms with Crippen LogP contribution >= 0.6 is 0 Å². The van der Waals surface area contributed by atoms with Crippen molar-refractivity contribution < 1.29 is 17.9 Å². The van der Waals surface area contributed by atoms with Gasteiger partial charge in [0.05, 0.1) is 5.56 Å². The molecule has 1 aliphatic rings. The fraction of sp³-hybridized carbons (Fsp3) is 0.611. The van der Waals surface area contributed by atoms with Gasteiger partial charge in [-0.15, -0.1) is 0 Å². The molecule has 1 saturated heterocycles. The minimum Gasteiger partial charge on any atom is -0.381 e. The number of halogens is 3. The van der Waals surface area contributed by atoms with Crippen molar-refractivity contribution in [2.45, 2.75) is 31.1 Å². The molecule has 26 heavy (non-hydrogen) atoms. The summed E-state index contributed by atoms with van der Waals surface area (Å²) in [6.45, 7) is 2.39. The molecule has 1 aliphatic heterocycles. The van der Waals surface area contributed by atoms with Gasteiger partial charge in [-0.2, -0.15) is 13.2 Å². The summed E-state index contributed by atoms with van der Waals surface area (Å²) in [4.78, 5) is 6.37. The summed E-state index contributed by atoms with van der Waals surface area (Å²) in [6.07, 6.45) is -2.51. The molecule has 1 heterocycles. The Bertz CT molecular complexity index is 611. The normalized spacial score (nSPS) is 18.0. The summed E-state index contributed by atoms with van der Waals surface area (Å²) in [6, 6.07) is 5.30. The van der Waals surface area contributed by atoms with Crippen molar-refractivity contribution in [1.29, 1.82) is 0 Å². The van der Waals surface area contributed by atoms with E-state index in [9.17, 15) is 13.2 Å². The summed E-state index contributed by atoms with van der Waals surface area (Å²) >= 11 is 0. The fourth-order valence-corrected chi connectivity index (χ4v) is 3.05. The van der Waals surface area contributed by atoms with Gasteiger partial charge < -0.3 is 20.3 Å². The van der Waals surface area contributed by atoms with E-state index in [1.165, 1.54) is 6.07 Å². The van der Waals surface area contributed by atoms with Crippen molar-refractivity contribution in [3.63, 3.8) is 0 Å². The van der Waals surface area contributed by atoms with E-state index in [4.69, 9.17) is 4.74 Å². The van der Waals surface area contributed by atoms with Crippen molar-refractivity contribution in [1.82, 2.24) is 15.5 Å². The number of likely N-dealkylation sites (N-methyl/N-ethyl adjacent to an activating group) is 1. The van der Waals surface area contributed by atoms with E-state index in [0.29, 0.717) is 18.1 Å². The third-order valence-corrected chi connectivity index (χ3v) is 4.89. The highest BCUT2D eigenvalue weighted by atomic mass is 19.4. The quantitative estimate of drug-likeness (QED) is 0.616. The van der Waals surface area contributed by atoms with Crippen LogP contribution in [0.3, 0.4) is 0 Å². The van der Waals surface area contributed by atoms with Gasteiger partial charge in [-0.25, -0.2) is 0 Å². The number of guanidine groups is 1. The smallest absolute Gasteiger partial charge is 0.381 e. The van der Waals surface area contributed by atoms with Crippen molar-refractivity contribution in [2.75, 3.05) is 40.9 Å². The molecule has 0 radical (unpaired) electrons. The SMILES string of the molecule is CN=C(NCc1cccc(C(F)(F)F)c1)NCC1(N(C)C)CCOCC1. The monoisotopic (exact) mass is 372 g/mol. The summed E-state index contributed by atoms with van der Waals surface area (Å²) in [5.41, 5.74) is -0.115. The van der Waals surface area contributed by atoms with Gasteiger partial charge in [0.25, 0.3) is 0 Å².